The van der Waals surface area contributed by atoms with Crippen LogP contribution < -0.4 is 15.4 Å². The van der Waals surface area contributed by atoms with Crippen molar-refractivity contribution in [1.29, 1.82) is 0 Å². The van der Waals surface area contributed by atoms with Gasteiger partial charge in [0, 0.05) is 16.9 Å². The van der Waals surface area contributed by atoms with Gasteiger partial charge in [0.15, 0.2) is 5.11 Å². The molecule has 1 heterocycles. The number of rotatable bonds is 6. The molecular weight excluding hydrogens is 368 g/mol. The highest BCUT2D eigenvalue weighted by Crippen LogP contribution is 2.18. The minimum absolute atomic E-state index is 0.492. The lowest BCUT2D eigenvalue weighted by atomic mass is 10.2. The maximum atomic E-state index is 6.19. The van der Waals surface area contributed by atoms with Crippen LogP contribution in [0.3, 0.4) is 0 Å². The fraction of sp³-hybridized carbons (Fsp3) is 0.158. The molecule has 0 spiro atoms. The first-order valence-corrected chi connectivity index (χ1v) is 8.99. The van der Waals surface area contributed by atoms with E-state index in [2.05, 4.69) is 15.7 Å². The van der Waals surface area contributed by atoms with Crippen LogP contribution in [-0.4, -0.2) is 21.5 Å². The molecule has 2 N–H and O–H groups in total. The van der Waals surface area contributed by atoms with Gasteiger partial charge in [-0.2, -0.15) is 5.10 Å². The number of aromatic nitrogens is 2. The molecule has 0 aliphatic carbocycles. The zero-order valence-corrected chi connectivity index (χ0v) is 15.8. The van der Waals surface area contributed by atoms with Crippen LogP contribution in [0.2, 0.25) is 5.02 Å². The van der Waals surface area contributed by atoms with E-state index in [1.807, 2.05) is 66.3 Å². The molecule has 1 aromatic heterocycles. The van der Waals surface area contributed by atoms with Crippen molar-refractivity contribution in [3.63, 3.8) is 0 Å². The largest absolute Gasteiger partial charge is 0.494 e. The van der Waals surface area contributed by atoms with Crippen LogP contribution in [0.15, 0.2) is 60.9 Å². The molecule has 0 amide bonds. The smallest absolute Gasteiger partial charge is 0.175 e. The van der Waals surface area contributed by atoms with Gasteiger partial charge in [0.05, 0.1) is 25.0 Å². The van der Waals surface area contributed by atoms with Crippen LogP contribution in [0, 0.1) is 0 Å². The summed E-state index contributed by atoms with van der Waals surface area (Å²) in [6.45, 7) is 3.20. The predicted molar refractivity (Wildman–Crippen MR) is 110 cm³/mol. The topological polar surface area (TPSA) is 51.1 Å². The Morgan fingerprint density at radius 2 is 1.85 bits per heavy atom. The van der Waals surface area contributed by atoms with Crippen LogP contribution >= 0.6 is 23.8 Å². The summed E-state index contributed by atoms with van der Waals surface area (Å²) in [5.41, 5.74) is 2.70. The monoisotopic (exact) mass is 386 g/mol. The average Bonchev–Trinajstić information content (AvgIpc) is 3.06. The number of halogens is 1. The van der Waals surface area contributed by atoms with Crippen molar-refractivity contribution < 1.29 is 4.74 Å². The Morgan fingerprint density at radius 3 is 2.58 bits per heavy atom. The van der Waals surface area contributed by atoms with Crippen molar-refractivity contribution in [1.82, 2.24) is 9.78 Å². The quantitative estimate of drug-likeness (QED) is 0.596. The Morgan fingerprint density at radius 1 is 1.12 bits per heavy atom. The molecule has 0 radical (unpaired) electrons. The second-order valence-corrected chi connectivity index (χ2v) is 6.37. The minimum atomic E-state index is 0.492. The summed E-state index contributed by atoms with van der Waals surface area (Å²) < 4.78 is 7.23. The zero-order valence-electron chi connectivity index (χ0n) is 14.3. The third kappa shape index (κ3) is 4.97. The number of anilines is 2. The van der Waals surface area contributed by atoms with Crippen LogP contribution in [0.25, 0.3) is 0 Å². The Kier molecular flexibility index (Phi) is 6.09. The van der Waals surface area contributed by atoms with Crippen molar-refractivity contribution in [2.24, 2.45) is 0 Å². The number of ether oxygens (including phenoxy) is 1. The highest BCUT2D eigenvalue weighted by Gasteiger charge is 2.05. The van der Waals surface area contributed by atoms with Crippen molar-refractivity contribution in [2.45, 2.75) is 13.5 Å². The molecule has 0 unspecified atom stereocenters. The molecular formula is C19H19ClN4OS. The Balaban J connectivity index is 1.56. The normalized spacial score (nSPS) is 10.4. The lowest BCUT2D eigenvalue weighted by Gasteiger charge is -2.10. The summed E-state index contributed by atoms with van der Waals surface area (Å²) in [5.74, 6) is 0.831. The van der Waals surface area contributed by atoms with Crippen molar-refractivity contribution >= 4 is 40.3 Å². The minimum Gasteiger partial charge on any atom is -0.494 e. The molecule has 0 saturated carbocycles. The van der Waals surface area contributed by atoms with E-state index in [1.54, 1.807) is 6.20 Å². The maximum Gasteiger partial charge on any atom is 0.175 e. The number of nitrogens with one attached hydrogen (secondary N) is 2. The molecule has 0 saturated heterocycles. The summed E-state index contributed by atoms with van der Waals surface area (Å²) in [6, 6.07) is 15.4. The summed E-state index contributed by atoms with van der Waals surface area (Å²) in [5, 5.41) is 11.8. The molecule has 3 aromatic rings. The number of hydrogen-bond acceptors (Lipinski definition) is 3. The summed E-state index contributed by atoms with van der Waals surface area (Å²) in [7, 11) is 0. The molecule has 3 rings (SSSR count). The van der Waals surface area contributed by atoms with Gasteiger partial charge in [0.1, 0.15) is 5.75 Å². The van der Waals surface area contributed by atoms with Crippen molar-refractivity contribution in [2.75, 3.05) is 17.2 Å². The highest BCUT2D eigenvalue weighted by molar-refractivity contribution is 7.80. The molecule has 0 atom stereocenters. The van der Waals surface area contributed by atoms with Crippen LogP contribution in [-0.2, 0) is 6.54 Å². The molecule has 0 bridgehead atoms. The second kappa shape index (κ2) is 8.69. The molecule has 134 valence electrons. The van der Waals surface area contributed by atoms with E-state index < -0.39 is 0 Å². The van der Waals surface area contributed by atoms with E-state index in [4.69, 9.17) is 28.6 Å². The van der Waals surface area contributed by atoms with Gasteiger partial charge in [0.25, 0.3) is 0 Å². The fourth-order valence-corrected chi connectivity index (χ4v) is 2.84. The Bertz CT molecular complexity index is 879. The summed E-state index contributed by atoms with van der Waals surface area (Å²) in [6.07, 6.45) is 3.61. The predicted octanol–water partition coefficient (Wildman–Crippen LogP) is 4.79. The molecule has 7 heteroatoms. The Labute approximate surface area is 162 Å². The van der Waals surface area contributed by atoms with Gasteiger partial charge >= 0.3 is 0 Å². The van der Waals surface area contributed by atoms with Gasteiger partial charge < -0.3 is 15.4 Å². The first-order chi connectivity index (χ1) is 12.6. The third-order valence-corrected chi connectivity index (χ3v) is 4.18. The van der Waals surface area contributed by atoms with E-state index in [0.717, 1.165) is 27.7 Å². The number of hydrogen-bond donors (Lipinski definition) is 2. The molecule has 0 aliphatic heterocycles. The molecule has 0 aliphatic rings. The SMILES string of the molecule is CCOc1ccc(NC(=S)Nc2cnn(Cc3ccccc3Cl)c2)cc1. The Hall–Kier alpha value is -2.57. The van der Waals surface area contributed by atoms with E-state index in [9.17, 15) is 0 Å². The van der Waals surface area contributed by atoms with Gasteiger partial charge in [-0.3, -0.25) is 4.68 Å². The van der Waals surface area contributed by atoms with Gasteiger partial charge in [-0.15, -0.1) is 0 Å². The number of nitrogens with zero attached hydrogens (tertiary/aromatic N) is 2. The lowest BCUT2D eigenvalue weighted by molar-refractivity contribution is 0.340. The van der Waals surface area contributed by atoms with Crippen molar-refractivity contribution in [3.05, 3.63) is 71.5 Å². The average molecular weight is 387 g/mol. The summed E-state index contributed by atoms with van der Waals surface area (Å²) in [4.78, 5) is 0. The van der Waals surface area contributed by atoms with Crippen LogP contribution in [0.5, 0.6) is 5.75 Å². The van der Waals surface area contributed by atoms with Gasteiger partial charge in [-0.05, 0) is 55.0 Å². The van der Waals surface area contributed by atoms with Gasteiger partial charge in [0.2, 0.25) is 0 Å². The number of benzene rings is 2. The standard InChI is InChI=1S/C19H19ClN4OS/c1-2-25-17-9-7-15(8-10-17)22-19(26)23-16-11-21-24(13-16)12-14-5-3-4-6-18(14)20/h3-11,13H,2,12H2,1H3,(H2,22,23,26). The maximum absolute atomic E-state index is 6.19. The third-order valence-electron chi connectivity index (χ3n) is 3.60. The fourth-order valence-electron chi connectivity index (χ4n) is 2.41. The molecule has 5 nitrogen and oxygen atoms in total. The lowest BCUT2D eigenvalue weighted by Crippen LogP contribution is -2.18. The molecule has 2 aromatic carbocycles. The van der Waals surface area contributed by atoms with E-state index in [0.29, 0.717) is 18.3 Å². The van der Waals surface area contributed by atoms with E-state index in [1.165, 1.54) is 0 Å². The second-order valence-electron chi connectivity index (χ2n) is 5.55. The first kappa shape index (κ1) is 18.2. The van der Waals surface area contributed by atoms with Crippen molar-refractivity contribution in [3.8, 4) is 5.75 Å². The van der Waals surface area contributed by atoms with Gasteiger partial charge in [-0.25, -0.2) is 0 Å². The van der Waals surface area contributed by atoms with Gasteiger partial charge in [-0.1, -0.05) is 29.8 Å². The van der Waals surface area contributed by atoms with Crippen LogP contribution in [0.1, 0.15) is 12.5 Å². The zero-order chi connectivity index (χ0) is 18.4. The molecule has 0 fully saturated rings. The van der Waals surface area contributed by atoms with E-state index in [-0.39, 0.29) is 0 Å². The summed E-state index contributed by atoms with van der Waals surface area (Å²) >= 11 is 11.5. The highest BCUT2D eigenvalue weighted by atomic mass is 35.5. The molecule has 26 heavy (non-hydrogen) atoms. The first-order valence-electron chi connectivity index (χ1n) is 8.21. The van der Waals surface area contributed by atoms with E-state index >= 15 is 0 Å². The van der Waals surface area contributed by atoms with Crippen LogP contribution in [0.4, 0.5) is 11.4 Å². The number of thiocarbonyl (C=S) groups is 1.